The molecule has 0 N–H and O–H groups in total. The molecule has 0 fully saturated rings. The Morgan fingerprint density at radius 1 is 1.22 bits per heavy atom. The molecule has 0 aliphatic heterocycles. The Kier molecular flexibility index (Phi) is 6.62. The molecule has 0 unspecified atom stereocenters. The van der Waals surface area contributed by atoms with Gasteiger partial charge >= 0.3 is 0 Å². The van der Waals surface area contributed by atoms with E-state index in [1.54, 1.807) is 18.4 Å². The lowest BCUT2D eigenvalue weighted by Crippen LogP contribution is -2.33. The molecule has 0 saturated heterocycles. The molecule has 0 bridgehead atoms. The van der Waals surface area contributed by atoms with Crippen molar-refractivity contribution in [1.29, 1.82) is 0 Å². The first kappa shape index (κ1) is 17.5. The molecule has 1 aromatic carbocycles. The average molecular weight is 333 g/mol. The summed E-state index contributed by atoms with van der Waals surface area (Å²) in [7, 11) is 1.64. The minimum Gasteiger partial charge on any atom is -0.491 e. The summed E-state index contributed by atoms with van der Waals surface area (Å²) in [6.07, 6.45) is 0.119. The van der Waals surface area contributed by atoms with Crippen LogP contribution in [0.15, 0.2) is 41.1 Å². The first-order chi connectivity index (χ1) is 11.1. The van der Waals surface area contributed by atoms with Gasteiger partial charge in [0.15, 0.2) is 0 Å². The molecule has 0 aliphatic carbocycles. The lowest BCUT2D eigenvalue weighted by Gasteiger charge is -2.22. The summed E-state index contributed by atoms with van der Waals surface area (Å²) in [5.74, 6) is 0.780. The molecule has 0 saturated carbocycles. The van der Waals surface area contributed by atoms with E-state index in [0.717, 1.165) is 11.3 Å². The molecule has 2 rings (SSSR count). The van der Waals surface area contributed by atoms with Crippen LogP contribution in [0.4, 0.5) is 0 Å². The molecule has 1 aromatic heterocycles. The maximum atomic E-state index is 12.7. The van der Waals surface area contributed by atoms with Crippen LogP contribution in [0, 0.1) is 0 Å². The van der Waals surface area contributed by atoms with E-state index in [2.05, 4.69) is 5.38 Å². The molecule has 0 aliphatic rings. The highest BCUT2D eigenvalue weighted by Crippen LogP contribution is 2.17. The Balaban J connectivity index is 2.09. The summed E-state index contributed by atoms with van der Waals surface area (Å²) in [6, 6.07) is 9.34. The largest absolute Gasteiger partial charge is 0.491 e. The summed E-state index contributed by atoms with van der Waals surface area (Å²) in [4.78, 5) is 14.6. The van der Waals surface area contributed by atoms with Gasteiger partial charge in [-0.15, -0.1) is 0 Å². The fourth-order valence-corrected chi connectivity index (χ4v) is 2.85. The zero-order valence-corrected chi connectivity index (χ0v) is 14.6. The van der Waals surface area contributed by atoms with E-state index < -0.39 is 0 Å². The summed E-state index contributed by atoms with van der Waals surface area (Å²) < 4.78 is 10.7. The van der Waals surface area contributed by atoms with Crippen molar-refractivity contribution in [2.24, 2.45) is 0 Å². The minimum atomic E-state index is 0.00402. The van der Waals surface area contributed by atoms with Gasteiger partial charge in [0.05, 0.1) is 12.7 Å². The van der Waals surface area contributed by atoms with Gasteiger partial charge in [-0.2, -0.15) is 11.3 Å². The molecule has 0 atom stereocenters. The third-order valence-electron chi connectivity index (χ3n) is 3.28. The Hall–Kier alpha value is -1.85. The van der Waals surface area contributed by atoms with Gasteiger partial charge in [-0.3, -0.25) is 4.79 Å². The van der Waals surface area contributed by atoms with Crippen molar-refractivity contribution in [2.45, 2.75) is 26.5 Å². The Morgan fingerprint density at radius 2 is 1.96 bits per heavy atom. The summed E-state index contributed by atoms with van der Waals surface area (Å²) in [5.41, 5.74) is 1.80. The van der Waals surface area contributed by atoms with Crippen molar-refractivity contribution in [3.05, 3.63) is 52.2 Å². The molecule has 1 amide bonds. The third kappa shape index (κ3) is 5.37. The SMILES string of the molecule is COCCN(Cc1ccsc1)C(=O)c1ccc(OC(C)C)cc1. The summed E-state index contributed by atoms with van der Waals surface area (Å²) >= 11 is 1.63. The molecule has 23 heavy (non-hydrogen) atoms. The monoisotopic (exact) mass is 333 g/mol. The number of benzene rings is 1. The van der Waals surface area contributed by atoms with E-state index in [1.165, 1.54) is 0 Å². The van der Waals surface area contributed by atoms with E-state index in [4.69, 9.17) is 9.47 Å². The first-order valence-electron chi connectivity index (χ1n) is 7.66. The predicted octanol–water partition coefficient (Wildman–Crippen LogP) is 3.82. The molecule has 1 heterocycles. The standard InChI is InChI=1S/C18H23NO3S/c1-14(2)22-17-6-4-16(5-7-17)18(20)19(9-10-21-3)12-15-8-11-23-13-15/h4-8,11,13-14H,9-10,12H2,1-3H3. The van der Waals surface area contributed by atoms with Crippen LogP contribution in [0.1, 0.15) is 29.8 Å². The van der Waals surface area contributed by atoms with Crippen LogP contribution in [0.3, 0.4) is 0 Å². The fourth-order valence-electron chi connectivity index (χ4n) is 2.19. The van der Waals surface area contributed by atoms with Gasteiger partial charge in [0.25, 0.3) is 5.91 Å². The Labute approximate surface area is 141 Å². The number of ether oxygens (including phenoxy) is 2. The number of carbonyl (C=O) groups excluding carboxylic acids is 1. The number of amides is 1. The van der Waals surface area contributed by atoms with Crippen LogP contribution in [0.25, 0.3) is 0 Å². The number of methoxy groups -OCH3 is 1. The molecular weight excluding hydrogens is 310 g/mol. The highest BCUT2D eigenvalue weighted by molar-refractivity contribution is 7.07. The van der Waals surface area contributed by atoms with Crippen molar-refractivity contribution in [2.75, 3.05) is 20.3 Å². The van der Waals surface area contributed by atoms with Crippen LogP contribution in [0.2, 0.25) is 0 Å². The maximum absolute atomic E-state index is 12.7. The van der Waals surface area contributed by atoms with Gasteiger partial charge in [-0.05, 0) is 60.5 Å². The second-order valence-electron chi connectivity index (χ2n) is 5.54. The van der Waals surface area contributed by atoms with Crippen LogP contribution in [0.5, 0.6) is 5.75 Å². The van der Waals surface area contributed by atoms with E-state index in [0.29, 0.717) is 25.3 Å². The average Bonchev–Trinajstić information content (AvgIpc) is 3.04. The highest BCUT2D eigenvalue weighted by atomic mass is 32.1. The lowest BCUT2D eigenvalue weighted by atomic mass is 10.1. The number of nitrogens with zero attached hydrogens (tertiary/aromatic N) is 1. The molecule has 0 spiro atoms. The van der Waals surface area contributed by atoms with Crippen LogP contribution in [-0.4, -0.2) is 37.2 Å². The molecule has 4 nitrogen and oxygen atoms in total. The van der Waals surface area contributed by atoms with Crippen molar-refractivity contribution < 1.29 is 14.3 Å². The smallest absolute Gasteiger partial charge is 0.254 e. The van der Waals surface area contributed by atoms with E-state index in [9.17, 15) is 4.79 Å². The van der Waals surface area contributed by atoms with E-state index >= 15 is 0 Å². The summed E-state index contributed by atoms with van der Waals surface area (Å²) in [6.45, 7) is 5.63. The number of rotatable bonds is 8. The van der Waals surface area contributed by atoms with Crippen molar-refractivity contribution in [3.63, 3.8) is 0 Å². The van der Waals surface area contributed by atoms with Crippen LogP contribution in [-0.2, 0) is 11.3 Å². The van der Waals surface area contributed by atoms with Crippen LogP contribution < -0.4 is 4.74 Å². The molecule has 0 radical (unpaired) electrons. The first-order valence-corrected chi connectivity index (χ1v) is 8.60. The zero-order valence-electron chi connectivity index (χ0n) is 13.8. The Morgan fingerprint density at radius 3 is 2.52 bits per heavy atom. The van der Waals surface area contributed by atoms with Gasteiger partial charge in [0.1, 0.15) is 5.75 Å². The van der Waals surface area contributed by atoms with Gasteiger partial charge in [0.2, 0.25) is 0 Å². The minimum absolute atomic E-state index is 0.00402. The van der Waals surface area contributed by atoms with Gasteiger partial charge in [-0.1, -0.05) is 0 Å². The second kappa shape index (κ2) is 8.70. The lowest BCUT2D eigenvalue weighted by molar-refractivity contribution is 0.0680. The number of hydrogen-bond acceptors (Lipinski definition) is 4. The molecular formula is C18H23NO3S. The predicted molar refractivity (Wildman–Crippen MR) is 93.1 cm³/mol. The van der Waals surface area contributed by atoms with Gasteiger partial charge in [0, 0.05) is 25.8 Å². The molecule has 124 valence electrons. The van der Waals surface area contributed by atoms with Gasteiger partial charge in [-0.25, -0.2) is 0 Å². The quantitative estimate of drug-likeness (QED) is 0.737. The second-order valence-corrected chi connectivity index (χ2v) is 6.32. The molecule has 5 heteroatoms. The van der Waals surface area contributed by atoms with Crippen molar-refractivity contribution >= 4 is 17.2 Å². The number of thiophene rings is 1. The topological polar surface area (TPSA) is 38.8 Å². The molecule has 2 aromatic rings. The Bertz CT molecular complexity index is 593. The van der Waals surface area contributed by atoms with Crippen LogP contribution >= 0.6 is 11.3 Å². The maximum Gasteiger partial charge on any atom is 0.254 e. The number of hydrogen-bond donors (Lipinski definition) is 0. The summed E-state index contributed by atoms with van der Waals surface area (Å²) in [5, 5.41) is 4.08. The van der Waals surface area contributed by atoms with Crippen molar-refractivity contribution in [3.8, 4) is 5.75 Å². The normalized spacial score (nSPS) is 10.8. The van der Waals surface area contributed by atoms with E-state index in [1.807, 2.05) is 54.5 Å². The number of carbonyl (C=O) groups is 1. The van der Waals surface area contributed by atoms with Crippen molar-refractivity contribution in [1.82, 2.24) is 4.90 Å². The zero-order chi connectivity index (χ0) is 16.7. The fraction of sp³-hybridized carbons (Fsp3) is 0.389. The third-order valence-corrected chi connectivity index (χ3v) is 4.01. The highest BCUT2D eigenvalue weighted by Gasteiger charge is 2.16. The van der Waals surface area contributed by atoms with Gasteiger partial charge < -0.3 is 14.4 Å². The van der Waals surface area contributed by atoms with E-state index in [-0.39, 0.29) is 12.0 Å².